The van der Waals surface area contributed by atoms with E-state index >= 15 is 0 Å². The van der Waals surface area contributed by atoms with Gasteiger partial charge >= 0.3 is 6.18 Å². The summed E-state index contributed by atoms with van der Waals surface area (Å²) in [6, 6.07) is 8.03. The van der Waals surface area contributed by atoms with Gasteiger partial charge in [0, 0.05) is 24.0 Å². The van der Waals surface area contributed by atoms with Gasteiger partial charge in [-0.25, -0.2) is 4.98 Å². The molecule has 0 unspecified atom stereocenters. The minimum atomic E-state index is -4.52. The number of hydrazine groups is 1. The lowest BCUT2D eigenvalue weighted by molar-refractivity contribution is -0.384. The van der Waals surface area contributed by atoms with Crippen molar-refractivity contribution in [2.45, 2.75) is 6.18 Å². The Labute approximate surface area is 155 Å². The van der Waals surface area contributed by atoms with Crippen LogP contribution in [0.4, 0.5) is 24.5 Å². The molecular weight excluding hydrogens is 379 g/mol. The number of halogens is 3. The maximum absolute atomic E-state index is 12.7. The van der Waals surface area contributed by atoms with Crippen LogP contribution in [0.25, 0.3) is 5.69 Å². The Morgan fingerprint density at radius 1 is 1.18 bits per heavy atom. The second kappa shape index (κ2) is 7.39. The Bertz CT molecular complexity index is 1020. The lowest BCUT2D eigenvalue weighted by atomic mass is 10.1. The van der Waals surface area contributed by atoms with Gasteiger partial charge in [-0.1, -0.05) is 6.07 Å². The fourth-order valence-corrected chi connectivity index (χ4v) is 2.41. The Kier molecular flexibility index (Phi) is 4.98. The van der Waals surface area contributed by atoms with Crippen LogP contribution in [0.3, 0.4) is 0 Å². The van der Waals surface area contributed by atoms with Gasteiger partial charge in [-0.15, -0.1) is 0 Å². The second-order valence-electron chi connectivity index (χ2n) is 5.59. The number of benzene rings is 2. The van der Waals surface area contributed by atoms with Gasteiger partial charge in [0.15, 0.2) is 0 Å². The SMILES string of the molecule is O=C(NNc1cccc(C(F)(F)F)c1)c1ccc(-n2ccnc2)c([N+](=O)[O-])c1. The van der Waals surface area contributed by atoms with Gasteiger partial charge in [0.2, 0.25) is 0 Å². The molecule has 0 aliphatic carbocycles. The van der Waals surface area contributed by atoms with Crippen LogP contribution >= 0.6 is 0 Å². The zero-order chi connectivity index (χ0) is 20.3. The summed E-state index contributed by atoms with van der Waals surface area (Å²) in [6.07, 6.45) is -0.191. The molecule has 0 aliphatic rings. The molecule has 2 N–H and O–H groups in total. The number of nitro groups is 1. The molecule has 3 aromatic rings. The minimum absolute atomic E-state index is 0.00714. The highest BCUT2D eigenvalue weighted by atomic mass is 19.4. The second-order valence-corrected chi connectivity index (χ2v) is 5.59. The van der Waals surface area contributed by atoms with Crippen LogP contribution in [-0.2, 0) is 6.18 Å². The zero-order valence-electron chi connectivity index (χ0n) is 14.0. The minimum Gasteiger partial charge on any atom is -0.300 e. The molecule has 8 nitrogen and oxygen atoms in total. The van der Waals surface area contributed by atoms with Gasteiger partial charge in [-0.05, 0) is 30.3 Å². The number of hydrogen-bond donors (Lipinski definition) is 2. The van der Waals surface area contributed by atoms with Crippen molar-refractivity contribution in [3.05, 3.63) is 82.4 Å². The molecule has 11 heteroatoms. The number of imidazole rings is 1. The normalized spacial score (nSPS) is 11.1. The molecule has 0 spiro atoms. The standard InChI is InChI=1S/C17H12F3N5O3/c18-17(19,20)12-2-1-3-13(9-12)22-23-16(26)11-4-5-14(15(8-11)25(27)28)24-7-6-21-10-24/h1-10,22H,(H,23,26). The first-order valence-corrected chi connectivity index (χ1v) is 7.76. The Morgan fingerprint density at radius 2 is 1.96 bits per heavy atom. The molecule has 144 valence electrons. The Hall–Kier alpha value is -3.89. The van der Waals surface area contributed by atoms with Gasteiger partial charge in [-0.3, -0.25) is 25.8 Å². The number of nitro benzene ring substituents is 1. The average molecular weight is 391 g/mol. The summed E-state index contributed by atoms with van der Waals surface area (Å²) in [7, 11) is 0. The fourth-order valence-electron chi connectivity index (χ4n) is 2.41. The molecule has 0 saturated heterocycles. The number of aromatic nitrogens is 2. The van der Waals surface area contributed by atoms with Crippen LogP contribution in [0.1, 0.15) is 15.9 Å². The highest BCUT2D eigenvalue weighted by Gasteiger charge is 2.30. The van der Waals surface area contributed by atoms with Crippen molar-refractivity contribution in [2.75, 3.05) is 5.43 Å². The summed E-state index contributed by atoms with van der Waals surface area (Å²) in [6.45, 7) is 0. The van der Waals surface area contributed by atoms with Gasteiger partial charge in [0.05, 0.1) is 22.5 Å². The van der Waals surface area contributed by atoms with E-state index < -0.39 is 22.6 Å². The van der Waals surface area contributed by atoms with Crippen molar-refractivity contribution >= 4 is 17.3 Å². The van der Waals surface area contributed by atoms with E-state index in [1.165, 1.54) is 47.6 Å². The zero-order valence-corrected chi connectivity index (χ0v) is 14.0. The number of anilines is 1. The van der Waals surface area contributed by atoms with E-state index in [2.05, 4.69) is 15.8 Å². The molecule has 0 bridgehead atoms. The first-order chi connectivity index (χ1) is 13.3. The number of hydrogen-bond acceptors (Lipinski definition) is 5. The maximum Gasteiger partial charge on any atom is 0.416 e. The van der Waals surface area contributed by atoms with Crippen LogP contribution < -0.4 is 10.9 Å². The van der Waals surface area contributed by atoms with E-state index in [9.17, 15) is 28.1 Å². The molecule has 2 aromatic carbocycles. The molecule has 0 fully saturated rings. The van der Waals surface area contributed by atoms with Crippen LogP contribution in [0, 0.1) is 10.1 Å². The van der Waals surface area contributed by atoms with Crippen molar-refractivity contribution in [2.24, 2.45) is 0 Å². The Morgan fingerprint density at radius 3 is 2.61 bits per heavy atom. The van der Waals surface area contributed by atoms with Gasteiger partial charge in [-0.2, -0.15) is 13.2 Å². The Balaban J connectivity index is 1.78. The number of carbonyl (C=O) groups excluding carboxylic acids is 1. The van der Waals surface area contributed by atoms with Crippen LogP contribution in [0.5, 0.6) is 0 Å². The molecule has 0 saturated carbocycles. The quantitative estimate of drug-likeness (QED) is 0.512. The highest BCUT2D eigenvalue weighted by molar-refractivity contribution is 5.96. The van der Waals surface area contributed by atoms with Gasteiger partial charge < -0.3 is 4.57 Å². The predicted molar refractivity (Wildman–Crippen MR) is 92.8 cm³/mol. The van der Waals surface area contributed by atoms with E-state index in [1.807, 2.05) is 0 Å². The first-order valence-electron chi connectivity index (χ1n) is 7.76. The summed E-state index contributed by atoms with van der Waals surface area (Å²) in [5.74, 6) is -0.752. The lowest BCUT2D eigenvalue weighted by Gasteiger charge is -2.12. The summed E-state index contributed by atoms with van der Waals surface area (Å²) in [5, 5.41) is 11.3. The first kappa shape index (κ1) is 18.9. The molecule has 1 aromatic heterocycles. The third-order valence-electron chi connectivity index (χ3n) is 3.73. The lowest BCUT2D eigenvalue weighted by Crippen LogP contribution is -2.29. The highest BCUT2D eigenvalue weighted by Crippen LogP contribution is 2.30. The number of nitrogens with one attached hydrogen (secondary N) is 2. The smallest absolute Gasteiger partial charge is 0.300 e. The molecule has 1 heterocycles. The topological polar surface area (TPSA) is 102 Å². The molecule has 1 amide bonds. The van der Waals surface area contributed by atoms with Gasteiger partial charge in [0.25, 0.3) is 11.6 Å². The molecule has 0 atom stereocenters. The van der Waals surface area contributed by atoms with Crippen molar-refractivity contribution in [3.8, 4) is 5.69 Å². The molecule has 0 radical (unpaired) electrons. The maximum atomic E-state index is 12.7. The number of alkyl halides is 3. The summed E-state index contributed by atoms with van der Waals surface area (Å²) >= 11 is 0. The molecule has 28 heavy (non-hydrogen) atoms. The van der Waals surface area contributed by atoms with Crippen LogP contribution in [0.15, 0.2) is 61.2 Å². The monoisotopic (exact) mass is 391 g/mol. The van der Waals surface area contributed by atoms with E-state index in [4.69, 9.17) is 0 Å². The van der Waals surface area contributed by atoms with Crippen molar-refractivity contribution in [1.29, 1.82) is 0 Å². The van der Waals surface area contributed by atoms with E-state index in [0.29, 0.717) is 0 Å². The van der Waals surface area contributed by atoms with Crippen molar-refractivity contribution < 1.29 is 22.9 Å². The molecular formula is C17H12F3N5O3. The third-order valence-corrected chi connectivity index (χ3v) is 3.73. The summed E-state index contributed by atoms with van der Waals surface area (Å²) < 4.78 is 39.6. The average Bonchev–Trinajstić information content (AvgIpc) is 3.19. The number of carbonyl (C=O) groups is 1. The third kappa shape index (κ3) is 4.09. The fraction of sp³-hybridized carbons (Fsp3) is 0.0588. The number of nitrogens with zero attached hydrogens (tertiary/aromatic N) is 3. The van der Waals surface area contributed by atoms with Crippen molar-refractivity contribution in [1.82, 2.24) is 15.0 Å². The van der Waals surface area contributed by atoms with Crippen LogP contribution in [-0.4, -0.2) is 20.4 Å². The number of amides is 1. The largest absolute Gasteiger partial charge is 0.416 e. The summed E-state index contributed by atoms with van der Waals surface area (Å²) in [4.78, 5) is 26.7. The van der Waals surface area contributed by atoms with Crippen molar-refractivity contribution in [3.63, 3.8) is 0 Å². The molecule has 0 aliphatic heterocycles. The van der Waals surface area contributed by atoms with Crippen LogP contribution in [0.2, 0.25) is 0 Å². The predicted octanol–water partition coefficient (Wildman–Crippen LogP) is 3.56. The van der Waals surface area contributed by atoms with E-state index in [-0.39, 0.29) is 22.6 Å². The summed E-state index contributed by atoms with van der Waals surface area (Å²) in [5.41, 5.74) is 3.54. The number of rotatable bonds is 5. The van der Waals surface area contributed by atoms with Gasteiger partial charge in [0.1, 0.15) is 5.69 Å². The van der Waals surface area contributed by atoms with E-state index in [0.717, 1.165) is 18.2 Å². The molecule has 3 rings (SSSR count). The van der Waals surface area contributed by atoms with E-state index in [1.54, 1.807) is 0 Å².